The third kappa shape index (κ3) is 2.64. The standard InChI is InChI=1S/C19H23N5/c1-2-22-19(23-11-3-5-15-13-20-9-7-17(15)23)24-12-4-6-16-14-21-10-8-18(16)24/h7-10,13-14H,2-6,11-12H2,1H3. The van der Waals surface area contributed by atoms with E-state index in [0.29, 0.717) is 0 Å². The first-order valence-electron chi connectivity index (χ1n) is 8.84. The molecule has 2 aliphatic heterocycles. The number of fused-ring (bicyclic) bond motifs is 2. The molecule has 0 saturated heterocycles. The average Bonchev–Trinajstić information content (AvgIpc) is 2.65. The molecular formula is C19H23N5. The summed E-state index contributed by atoms with van der Waals surface area (Å²) in [5, 5.41) is 0. The van der Waals surface area contributed by atoms with Crippen molar-refractivity contribution in [1.82, 2.24) is 9.97 Å². The highest BCUT2D eigenvalue weighted by Gasteiger charge is 2.28. The predicted octanol–water partition coefficient (Wildman–Crippen LogP) is 3.06. The van der Waals surface area contributed by atoms with Gasteiger partial charge in [0.2, 0.25) is 5.96 Å². The van der Waals surface area contributed by atoms with Crippen molar-refractivity contribution >= 4 is 17.3 Å². The van der Waals surface area contributed by atoms with Crippen molar-refractivity contribution in [3.8, 4) is 0 Å². The molecule has 5 heteroatoms. The van der Waals surface area contributed by atoms with Crippen molar-refractivity contribution in [2.45, 2.75) is 32.6 Å². The summed E-state index contributed by atoms with van der Waals surface area (Å²) in [6.45, 7) is 4.90. The van der Waals surface area contributed by atoms with Crippen LogP contribution in [0.5, 0.6) is 0 Å². The fourth-order valence-electron chi connectivity index (χ4n) is 3.72. The Bertz CT molecular complexity index is 695. The maximum atomic E-state index is 4.90. The number of hydrogen-bond acceptors (Lipinski definition) is 3. The summed E-state index contributed by atoms with van der Waals surface area (Å²) in [6.07, 6.45) is 12.2. The topological polar surface area (TPSA) is 44.6 Å². The molecule has 24 heavy (non-hydrogen) atoms. The molecule has 2 aromatic rings. The fourth-order valence-corrected chi connectivity index (χ4v) is 3.72. The van der Waals surface area contributed by atoms with Gasteiger partial charge in [0.15, 0.2) is 0 Å². The van der Waals surface area contributed by atoms with E-state index in [1.54, 1.807) is 0 Å². The highest BCUT2D eigenvalue weighted by molar-refractivity contribution is 6.08. The second-order valence-electron chi connectivity index (χ2n) is 6.29. The Kier molecular flexibility index (Phi) is 4.15. The molecular weight excluding hydrogens is 298 g/mol. The zero-order chi connectivity index (χ0) is 16.4. The van der Waals surface area contributed by atoms with Gasteiger partial charge in [-0.3, -0.25) is 15.0 Å². The van der Waals surface area contributed by atoms with Gasteiger partial charge in [-0.2, -0.15) is 0 Å². The third-order valence-corrected chi connectivity index (χ3v) is 4.78. The van der Waals surface area contributed by atoms with Gasteiger partial charge >= 0.3 is 0 Å². The smallest absolute Gasteiger partial charge is 0.205 e. The molecule has 0 aromatic carbocycles. The molecule has 4 rings (SSSR count). The lowest BCUT2D eigenvalue weighted by atomic mass is 10.0. The van der Waals surface area contributed by atoms with Crippen LogP contribution in [0.2, 0.25) is 0 Å². The van der Waals surface area contributed by atoms with E-state index < -0.39 is 0 Å². The molecule has 0 radical (unpaired) electrons. The van der Waals surface area contributed by atoms with Crippen molar-refractivity contribution in [1.29, 1.82) is 0 Å². The minimum atomic E-state index is 0.781. The highest BCUT2D eigenvalue weighted by Crippen LogP contribution is 2.31. The van der Waals surface area contributed by atoms with Gasteiger partial charge in [0, 0.05) is 44.4 Å². The van der Waals surface area contributed by atoms with Crippen LogP contribution in [0.4, 0.5) is 11.4 Å². The van der Waals surface area contributed by atoms with Gasteiger partial charge < -0.3 is 9.80 Å². The zero-order valence-electron chi connectivity index (χ0n) is 14.1. The highest BCUT2D eigenvalue weighted by atomic mass is 15.4. The van der Waals surface area contributed by atoms with E-state index in [1.807, 2.05) is 24.8 Å². The lowest BCUT2D eigenvalue weighted by molar-refractivity contribution is 0.734. The SMILES string of the molecule is CCN=C(N1CCCc2cnccc21)N1CCCc2cnccc21. The van der Waals surface area contributed by atoms with Gasteiger partial charge in [-0.05, 0) is 55.9 Å². The van der Waals surface area contributed by atoms with Gasteiger partial charge in [0.25, 0.3) is 0 Å². The molecule has 0 fully saturated rings. The molecule has 0 saturated carbocycles. The molecule has 0 atom stereocenters. The second kappa shape index (κ2) is 6.59. The van der Waals surface area contributed by atoms with Crippen LogP contribution in [0.15, 0.2) is 41.9 Å². The number of guanidine groups is 1. The Morgan fingerprint density at radius 3 is 2.00 bits per heavy atom. The van der Waals surface area contributed by atoms with Crippen LogP contribution in [-0.2, 0) is 12.8 Å². The summed E-state index contributed by atoms with van der Waals surface area (Å²) in [4.78, 5) is 18.2. The molecule has 0 bridgehead atoms. The van der Waals surface area contributed by atoms with Crippen molar-refractivity contribution in [3.05, 3.63) is 48.0 Å². The molecule has 124 valence electrons. The van der Waals surface area contributed by atoms with Crippen LogP contribution >= 0.6 is 0 Å². The normalized spacial score (nSPS) is 16.4. The van der Waals surface area contributed by atoms with E-state index in [9.17, 15) is 0 Å². The first-order valence-corrected chi connectivity index (χ1v) is 8.84. The number of nitrogens with zero attached hydrogens (tertiary/aromatic N) is 5. The van der Waals surface area contributed by atoms with Gasteiger partial charge in [-0.1, -0.05) is 0 Å². The number of aromatic nitrogens is 2. The minimum absolute atomic E-state index is 0.781. The molecule has 2 aliphatic rings. The van der Waals surface area contributed by atoms with Crippen molar-refractivity contribution in [3.63, 3.8) is 0 Å². The molecule has 4 heterocycles. The first kappa shape index (κ1) is 15.1. The summed E-state index contributed by atoms with van der Waals surface area (Å²) >= 11 is 0. The Morgan fingerprint density at radius 1 is 0.958 bits per heavy atom. The molecule has 5 nitrogen and oxygen atoms in total. The number of rotatable bonds is 1. The Hall–Kier alpha value is -2.43. The van der Waals surface area contributed by atoms with Crippen LogP contribution < -0.4 is 9.80 Å². The maximum Gasteiger partial charge on any atom is 0.205 e. The molecule has 0 spiro atoms. The van der Waals surface area contributed by atoms with E-state index in [2.05, 4.69) is 38.8 Å². The van der Waals surface area contributed by atoms with Crippen LogP contribution in [0.3, 0.4) is 0 Å². The number of aliphatic imine (C=N–C) groups is 1. The Labute approximate surface area is 143 Å². The number of aryl methyl sites for hydroxylation is 2. The number of pyridine rings is 2. The molecule has 0 unspecified atom stereocenters. The maximum absolute atomic E-state index is 4.90. The lowest BCUT2D eigenvalue weighted by Crippen LogP contribution is -2.49. The zero-order valence-corrected chi connectivity index (χ0v) is 14.1. The molecule has 0 N–H and O–H groups in total. The van der Waals surface area contributed by atoms with Crippen LogP contribution in [-0.4, -0.2) is 35.6 Å². The Morgan fingerprint density at radius 2 is 1.50 bits per heavy atom. The van der Waals surface area contributed by atoms with Crippen molar-refractivity contribution in [2.24, 2.45) is 4.99 Å². The van der Waals surface area contributed by atoms with Gasteiger partial charge in [0.1, 0.15) is 0 Å². The summed E-state index contributed by atoms with van der Waals surface area (Å²) in [7, 11) is 0. The lowest BCUT2D eigenvalue weighted by Gasteiger charge is -2.39. The average molecular weight is 321 g/mol. The van der Waals surface area contributed by atoms with Crippen LogP contribution in [0.25, 0.3) is 0 Å². The van der Waals surface area contributed by atoms with E-state index >= 15 is 0 Å². The van der Waals surface area contributed by atoms with Gasteiger partial charge in [0.05, 0.1) is 11.4 Å². The van der Waals surface area contributed by atoms with E-state index in [-0.39, 0.29) is 0 Å². The van der Waals surface area contributed by atoms with Crippen molar-refractivity contribution < 1.29 is 0 Å². The van der Waals surface area contributed by atoms with Crippen molar-refractivity contribution in [2.75, 3.05) is 29.4 Å². The molecule has 2 aromatic heterocycles. The first-order chi connectivity index (χ1) is 11.9. The van der Waals surface area contributed by atoms with Gasteiger partial charge in [-0.15, -0.1) is 0 Å². The van der Waals surface area contributed by atoms with Crippen LogP contribution in [0, 0.1) is 0 Å². The summed E-state index contributed by atoms with van der Waals surface area (Å²) in [5.74, 6) is 1.07. The van der Waals surface area contributed by atoms with E-state index in [1.165, 1.54) is 22.5 Å². The third-order valence-electron chi connectivity index (χ3n) is 4.78. The van der Waals surface area contributed by atoms with Gasteiger partial charge in [-0.25, -0.2) is 0 Å². The monoisotopic (exact) mass is 321 g/mol. The second-order valence-corrected chi connectivity index (χ2v) is 6.29. The molecule has 0 aliphatic carbocycles. The summed E-state index contributed by atoms with van der Waals surface area (Å²) in [5.41, 5.74) is 5.15. The van der Waals surface area contributed by atoms with Crippen LogP contribution in [0.1, 0.15) is 30.9 Å². The number of hydrogen-bond donors (Lipinski definition) is 0. The fraction of sp³-hybridized carbons (Fsp3) is 0.421. The predicted molar refractivity (Wildman–Crippen MR) is 97.8 cm³/mol. The van der Waals surface area contributed by atoms with E-state index in [0.717, 1.165) is 51.3 Å². The Balaban J connectivity index is 1.77. The molecule has 0 amide bonds. The summed E-state index contributed by atoms with van der Waals surface area (Å²) in [6, 6.07) is 4.24. The van der Waals surface area contributed by atoms with E-state index in [4.69, 9.17) is 4.99 Å². The number of anilines is 2. The largest absolute Gasteiger partial charge is 0.312 e. The minimum Gasteiger partial charge on any atom is -0.312 e. The summed E-state index contributed by atoms with van der Waals surface area (Å²) < 4.78 is 0. The quantitative estimate of drug-likeness (QED) is 0.598.